The molecule has 2 heterocycles. The molecule has 0 spiro atoms. The molecule has 1 aromatic rings. The summed E-state index contributed by atoms with van der Waals surface area (Å²) in [6.07, 6.45) is 11.2. The molecule has 25 heavy (non-hydrogen) atoms. The molecule has 3 rings (SSSR count). The Morgan fingerprint density at radius 3 is 2.60 bits per heavy atom. The molecule has 5 heteroatoms. The van der Waals surface area contributed by atoms with Crippen LogP contribution in [0.1, 0.15) is 50.8 Å². The van der Waals surface area contributed by atoms with E-state index in [4.69, 9.17) is 4.74 Å². The van der Waals surface area contributed by atoms with Crippen LogP contribution < -0.4 is 0 Å². The number of nitrogens with zero attached hydrogens (tertiary/aromatic N) is 3. The first-order valence-electron chi connectivity index (χ1n) is 9.16. The maximum Gasteiger partial charge on any atom is 0.101 e. The molecule has 1 fully saturated rings. The van der Waals surface area contributed by atoms with Gasteiger partial charge in [0.1, 0.15) is 5.60 Å². The van der Waals surface area contributed by atoms with E-state index in [2.05, 4.69) is 21.1 Å². The van der Waals surface area contributed by atoms with Gasteiger partial charge in [-0.05, 0) is 57.6 Å². The first kappa shape index (κ1) is 18.1. The van der Waals surface area contributed by atoms with Crippen LogP contribution >= 0.6 is 0 Å². The van der Waals surface area contributed by atoms with Crippen molar-refractivity contribution in [2.75, 3.05) is 20.2 Å². The van der Waals surface area contributed by atoms with E-state index < -0.39 is 5.60 Å². The minimum Gasteiger partial charge on any atom is -0.384 e. The Morgan fingerprint density at radius 1 is 1.24 bits per heavy atom. The fourth-order valence-electron chi connectivity index (χ4n) is 3.57. The lowest BCUT2D eigenvalue weighted by atomic mass is 9.87. The van der Waals surface area contributed by atoms with Gasteiger partial charge in [0.2, 0.25) is 0 Å². The normalized spacial score (nSPS) is 24.3. The molecule has 1 aliphatic carbocycles. The smallest absolute Gasteiger partial charge is 0.101 e. The summed E-state index contributed by atoms with van der Waals surface area (Å²) in [6.45, 7) is 5.42. The van der Waals surface area contributed by atoms with Gasteiger partial charge in [-0.2, -0.15) is 0 Å². The minimum atomic E-state index is -0.921. The average molecular weight is 343 g/mol. The predicted molar refractivity (Wildman–Crippen MR) is 100 cm³/mol. The van der Waals surface area contributed by atoms with Crippen LogP contribution in [0.5, 0.6) is 0 Å². The van der Waals surface area contributed by atoms with Crippen LogP contribution in [0.15, 0.2) is 29.5 Å². The van der Waals surface area contributed by atoms with Crippen molar-refractivity contribution < 1.29 is 9.84 Å². The van der Waals surface area contributed by atoms with Gasteiger partial charge < -0.3 is 14.7 Å². The van der Waals surface area contributed by atoms with Crippen LogP contribution in [0.4, 0.5) is 0 Å². The number of pyridine rings is 1. The Labute approximate surface area is 150 Å². The molecule has 0 unspecified atom stereocenters. The van der Waals surface area contributed by atoms with Crippen LogP contribution in [0.3, 0.4) is 0 Å². The zero-order valence-corrected chi connectivity index (χ0v) is 15.5. The molecule has 1 N–H and O–H groups in total. The Hall–Kier alpha value is -1.72. The number of aliphatic imine (C=N–C) groups is 1. The number of methoxy groups -OCH3 is 1. The first-order valence-corrected chi connectivity index (χ1v) is 9.16. The lowest BCUT2D eigenvalue weighted by Gasteiger charge is -2.32. The minimum absolute atomic E-state index is 0.450. The molecular weight excluding hydrogens is 314 g/mol. The summed E-state index contributed by atoms with van der Waals surface area (Å²) >= 11 is 0. The molecule has 136 valence electrons. The third-order valence-electron chi connectivity index (χ3n) is 5.16. The summed E-state index contributed by atoms with van der Waals surface area (Å²) in [5, 5.41) is 10.0. The maximum absolute atomic E-state index is 10.0. The van der Waals surface area contributed by atoms with E-state index in [1.165, 1.54) is 25.7 Å². The molecule has 0 bridgehead atoms. The Morgan fingerprint density at radius 2 is 2.00 bits per heavy atom. The molecule has 0 atom stereocenters. The van der Waals surface area contributed by atoms with Crippen molar-refractivity contribution in [3.63, 3.8) is 0 Å². The molecule has 0 amide bonds. The van der Waals surface area contributed by atoms with E-state index in [1.807, 2.05) is 25.5 Å². The molecule has 1 saturated carbocycles. The van der Waals surface area contributed by atoms with Crippen molar-refractivity contribution >= 4 is 11.9 Å². The molecule has 1 aliphatic heterocycles. The third kappa shape index (κ3) is 4.67. The van der Waals surface area contributed by atoms with E-state index in [9.17, 15) is 5.11 Å². The molecule has 0 saturated heterocycles. The number of aromatic nitrogens is 1. The van der Waals surface area contributed by atoms with Gasteiger partial charge >= 0.3 is 0 Å². The van der Waals surface area contributed by atoms with E-state index in [0.717, 1.165) is 30.3 Å². The summed E-state index contributed by atoms with van der Waals surface area (Å²) in [7, 11) is 1.82. The Kier molecular flexibility index (Phi) is 5.54. The van der Waals surface area contributed by atoms with Crippen molar-refractivity contribution in [2.45, 2.75) is 51.2 Å². The van der Waals surface area contributed by atoms with Crippen molar-refractivity contribution in [3.05, 3.63) is 35.8 Å². The number of aliphatic hydroxyl groups is 1. The second-order valence-corrected chi connectivity index (χ2v) is 7.65. The molecular formula is C20H29N3O2. The Bertz CT molecular complexity index is 623. The monoisotopic (exact) mass is 343 g/mol. The van der Waals surface area contributed by atoms with Crippen molar-refractivity contribution in [3.8, 4) is 0 Å². The summed E-state index contributed by atoms with van der Waals surface area (Å²) in [5.74, 6) is 0.728. The third-order valence-corrected chi connectivity index (χ3v) is 5.16. The van der Waals surface area contributed by atoms with Crippen LogP contribution in [0.25, 0.3) is 5.70 Å². The van der Waals surface area contributed by atoms with E-state index >= 15 is 0 Å². The highest BCUT2D eigenvalue weighted by Gasteiger charge is 2.23. The van der Waals surface area contributed by atoms with Gasteiger partial charge in [-0.3, -0.25) is 9.98 Å². The molecule has 1 aromatic heterocycles. The van der Waals surface area contributed by atoms with Crippen LogP contribution in [0.2, 0.25) is 0 Å². The van der Waals surface area contributed by atoms with E-state index in [-0.39, 0.29) is 0 Å². The number of hydrogen-bond donors (Lipinski definition) is 1. The van der Waals surface area contributed by atoms with Crippen LogP contribution in [-0.2, 0) is 10.3 Å². The van der Waals surface area contributed by atoms with Gasteiger partial charge in [0.05, 0.1) is 24.0 Å². The standard InChI is InChI=1S/C20H29N3O2/c1-20(2,24)19-9-6-16(12-22-19)18-14-23(11-10-21-18)13-15-4-7-17(25-3)8-5-15/h6,9-10,12,14-15,17,24H,4-5,7-8,11,13H2,1-3H3/t15-,17+. The highest BCUT2D eigenvalue weighted by molar-refractivity contribution is 5.76. The quantitative estimate of drug-likeness (QED) is 0.892. The van der Waals surface area contributed by atoms with Crippen molar-refractivity contribution in [1.29, 1.82) is 0 Å². The summed E-state index contributed by atoms with van der Waals surface area (Å²) in [6, 6.07) is 3.85. The lowest BCUT2D eigenvalue weighted by Crippen LogP contribution is -2.32. The van der Waals surface area contributed by atoms with Crippen LogP contribution in [0, 0.1) is 5.92 Å². The second kappa shape index (κ2) is 7.67. The zero-order valence-electron chi connectivity index (χ0n) is 15.5. The molecule has 0 aromatic carbocycles. The average Bonchev–Trinajstić information content (AvgIpc) is 2.62. The zero-order chi connectivity index (χ0) is 17.9. The number of ether oxygens (including phenoxy) is 1. The Balaban J connectivity index is 1.63. The SMILES string of the molecule is CO[C@H]1CC[C@@H](CN2C=C(c3ccc(C(C)(C)O)nc3)N=CC2)CC1. The van der Waals surface area contributed by atoms with Gasteiger partial charge in [0.25, 0.3) is 0 Å². The molecule has 2 aliphatic rings. The summed E-state index contributed by atoms with van der Waals surface area (Å²) in [4.78, 5) is 11.3. The topological polar surface area (TPSA) is 58.0 Å². The van der Waals surface area contributed by atoms with Crippen LogP contribution in [-0.4, -0.2) is 47.5 Å². The van der Waals surface area contributed by atoms with Gasteiger partial charge in [-0.15, -0.1) is 0 Å². The highest BCUT2D eigenvalue weighted by atomic mass is 16.5. The van der Waals surface area contributed by atoms with E-state index in [0.29, 0.717) is 11.8 Å². The highest BCUT2D eigenvalue weighted by Crippen LogP contribution is 2.28. The van der Waals surface area contributed by atoms with E-state index in [1.54, 1.807) is 20.0 Å². The largest absolute Gasteiger partial charge is 0.384 e. The predicted octanol–water partition coefficient (Wildman–Crippen LogP) is 3.20. The fraction of sp³-hybridized carbons (Fsp3) is 0.600. The summed E-state index contributed by atoms with van der Waals surface area (Å²) < 4.78 is 5.47. The number of rotatable bonds is 5. The van der Waals surface area contributed by atoms with Gasteiger partial charge in [0, 0.05) is 37.8 Å². The fourth-order valence-corrected chi connectivity index (χ4v) is 3.57. The van der Waals surface area contributed by atoms with Gasteiger partial charge in [-0.25, -0.2) is 0 Å². The van der Waals surface area contributed by atoms with Gasteiger partial charge in [0.15, 0.2) is 0 Å². The molecule has 5 nitrogen and oxygen atoms in total. The van der Waals surface area contributed by atoms with Crippen molar-refractivity contribution in [2.24, 2.45) is 10.9 Å². The second-order valence-electron chi connectivity index (χ2n) is 7.65. The first-order chi connectivity index (χ1) is 12.0. The maximum atomic E-state index is 10.0. The number of hydrogen-bond acceptors (Lipinski definition) is 5. The van der Waals surface area contributed by atoms with Gasteiger partial charge in [-0.1, -0.05) is 0 Å². The lowest BCUT2D eigenvalue weighted by molar-refractivity contribution is 0.0531. The van der Waals surface area contributed by atoms with Crippen molar-refractivity contribution in [1.82, 2.24) is 9.88 Å². The molecule has 0 radical (unpaired) electrons. The summed E-state index contributed by atoms with van der Waals surface area (Å²) in [5.41, 5.74) is 1.67.